The Kier molecular flexibility index (Phi) is 5.51. The number of benzene rings is 1. The van der Waals surface area contributed by atoms with Crippen molar-refractivity contribution in [3.63, 3.8) is 0 Å². The van der Waals surface area contributed by atoms with Crippen LogP contribution in [0.3, 0.4) is 0 Å². The molecule has 0 amide bonds. The van der Waals surface area contributed by atoms with Crippen LogP contribution in [0.1, 0.15) is 42.1 Å². The zero-order valence-electron chi connectivity index (χ0n) is 19.1. The molecule has 0 spiro atoms. The molecule has 2 aromatic heterocycles. The van der Waals surface area contributed by atoms with Crippen molar-refractivity contribution in [1.82, 2.24) is 13.9 Å². The van der Waals surface area contributed by atoms with Gasteiger partial charge in [0.25, 0.3) is 0 Å². The number of pyridine rings is 1. The van der Waals surface area contributed by atoms with Crippen molar-refractivity contribution >= 4 is 16.1 Å². The summed E-state index contributed by atoms with van der Waals surface area (Å²) in [5.74, 6) is 0.293. The molecule has 6 nitrogen and oxygen atoms in total. The minimum Gasteiger partial charge on any atom is -0.344 e. The third-order valence-corrected chi connectivity index (χ3v) is 8.91. The van der Waals surface area contributed by atoms with Crippen LogP contribution in [0.15, 0.2) is 60.9 Å². The molecule has 5 rings (SSSR count). The zero-order chi connectivity index (χ0) is 23.2. The van der Waals surface area contributed by atoms with Crippen LogP contribution in [0, 0.1) is 0 Å². The number of rotatable bonds is 7. The van der Waals surface area contributed by atoms with Crippen molar-refractivity contribution in [2.75, 3.05) is 25.4 Å². The van der Waals surface area contributed by atoms with E-state index in [0.29, 0.717) is 19.6 Å². The molecule has 1 aliphatic carbocycles. The second kappa shape index (κ2) is 8.24. The SMILES string of the molecule is CCS(=O)(=O)N1CC(CN)(n2ccc(-c3nc(C(C)c4ccccc4)cc4c3CC=C4)c2)C1. The number of fused-ring (bicyclic) bond motifs is 1. The van der Waals surface area contributed by atoms with E-state index in [0.717, 1.165) is 23.4 Å². The molecule has 1 aromatic carbocycles. The fourth-order valence-corrected chi connectivity index (χ4v) is 6.11. The van der Waals surface area contributed by atoms with Crippen LogP contribution < -0.4 is 5.73 Å². The Bertz CT molecular complexity index is 1310. The lowest BCUT2D eigenvalue weighted by atomic mass is 9.92. The van der Waals surface area contributed by atoms with Crippen molar-refractivity contribution in [2.45, 2.75) is 31.7 Å². The zero-order valence-corrected chi connectivity index (χ0v) is 19.9. The van der Waals surface area contributed by atoms with E-state index in [4.69, 9.17) is 10.7 Å². The van der Waals surface area contributed by atoms with Crippen LogP contribution in [0.5, 0.6) is 0 Å². The maximum atomic E-state index is 12.2. The van der Waals surface area contributed by atoms with E-state index in [-0.39, 0.29) is 11.7 Å². The van der Waals surface area contributed by atoms with Gasteiger partial charge >= 0.3 is 0 Å². The highest BCUT2D eigenvalue weighted by Gasteiger charge is 2.47. The van der Waals surface area contributed by atoms with E-state index in [1.165, 1.54) is 21.0 Å². The third kappa shape index (κ3) is 3.74. The Balaban J connectivity index is 1.49. The summed E-state index contributed by atoms with van der Waals surface area (Å²) < 4.78 is 28.1. The smallest absolute Gasteiger partial charge is 0.213 e. The van der Waals surface area contributed by atoms with Gasteiger partial charge < -0.3 is 10.3 Å². The Morgan fingerprint density at radius 1 is 1.18 bits per heavy atom. The lowest BCUT2D eigenvalue weighted by molar-refractivity contribution is 0.0891. The number of nitrogens with zero attached hydrogens (tertiary/aromatic N) is 3. The van der Waals surface area contributed by atoms with Gasteiger partial charge in [0.15, 0.2) is 0 Å². The Morgan fingerprint density at radius 3 is 2.64 bits per heavy atom. The first-order chi connectivity index (χ1) is 15.9. The summed E-state index contributed by atoms with van der Waals surface area (Å²) in [6.07, 6.45) is 9.33. The maximum absolute atomic E-state index is 12.2. The van der Waals surface area contributed by atoms with Crippen molar-refractivity contribution in [2.24, 2.45) is 5.73 Å². The summed E-state index contributed by atoms with van der Waals surface area (Å²) in [7, 11) is -3.20. The predicted octanol–water partition coefficient (Wildman–Crippen LogP) is 3.59. The molecule has 2 N–H and O–H groups in total. The molecule has 1 unspecified atom stereocenters. The number of hydrogen-bond acceptors (Lipinski definition) is 4. The monoisotopic (exact) mass is 462 g/mol. The molecule has 1 fully saturated rings. The number of sulfonamides is 1. The van der Waals surface area contributed by atoms with Gasteiger partial charge in [-0.2, -0.15) is 4.31 Å². The van der Waals surface area contributed by atoms with Gasteiger partial charge in [0, 0.05) is 49.2 Å². The lowest BCUT2D eigenvalue weighted by Gasteiger charge is -2.49. The molecule has 2 aliphatic rings. The van der Waals surface area contributed by atoms with Crippen LogP contribution in [-0.4, -0.2) is 47.7 Å². The van der Waals surface area contributed by atoms with Crippen LogP contribution in [0.2, 0.25) is 0 Å². The van der Waals surface area contributed by atoms with Gasteiger partial charge in [-0.05, 0) is 42.2 Å². The first kappa shape index (κ1) is 22.1. The lowest BCUT2D eigenvalue weighted by Crippen LogP contribution is -2.67. The molecule has 3 aromatic rings. The average molecular weight is 463 g/mol. The van der Waals surface area contributed by atoms with Crippen LogP contribution in [0.4, 0.5) is 0 Å². The standard InChI is InChI=1S/C26H30N4O2S/c1-3-33(31,32)30-17-26(16-27,18-30)29-13-12-22(15-29)25-23-11-7-10-21(23)14-24(28-25)19(2)20-8-5-4-6-9-20/h4-10,12-15,19H,3,11,16-18,27H2,1-2H3. The average Bonchev–Trinajstić information content (AvgIpc) is 3.48. The first-order valence-corrected chi connectivity index (χ1v) is 13.1. The fraction of sp³-hybridized carbons (Fsp3) is 0.346. The van der Waals surface area contributed by atoms with Crippen molar-refractivity contribution in [1.29, 1.82) is 0 Å². The van der Waals surface area contributed by atoms with E-state index in [9.17, 15) is 8.42 Å². The number of allylic oxidation sites excluding steroid dienone is 1. The minimum absolute atomic E-state index is 0.111. The fourth-order valence-electron chi connectivity index (χ4n) is 4.87. The highest BCUT2D eigenvalue weighted by Crippen LogP contribution is 2.36. The summed E-state index contributed by atoms with van der Waals surface area (Å²) >= 11 is 0. The molecule has 3 heterocycles. The maximum Gasteiger partial charge on any atom is 0.213 e. The molecule has 7 heteroatoms. The molecule has 172 valence electrons. The van der Waals surface area contributed by atoms with Gasteiger partial charge in [-0.3, -0.25) is 4.98 Å². The summed E-state index contributed by atoms with van der Waals surface area (Å²) in [4.78, 5) is 5.13. The summed E-state index contributed by atoms with van der Waals surface area (Å²) in [5.41, 5.74) is 12.5. The Morgan fingerprint density at radius 2 is 1.94 bits per heavy atom. The molecule has 1 saturated heterocycles. The number of hydrogen-bond donors (Lipinski definition) is 1. The number of nitrogens with two attached hydrogens (primary N) is 1. The van der Waals surface area contributed by atoms with E-state index in [1.54, 1.807) is 6.92 Å². The van der Waals surface area contributed by atoms with Gasteiger partial charge in [0.1, 0.15) is 0 Å². The molecule has 33 heavy (non-hydrogen) atoms. The van der Waals surface area contributed by atoms with Crippen molar-refractivity contribution in [3.8, 4) is 11.3 Å². The largest absolute Gasteiger partial charge is 0.344 e. The summed E-state index contributed by atoms with van der Waals surface area (Å²) in [5, 5.41) is 0. The van der Waals surface area contributed by atoms with E-state index in [1.807, 2.05) is 12.3 Å². The molecule has 0 saturated carbocycles. The molecule has 1 atom stereocenters. The summed E-state index contributed by atoms with van der Waals surface area (Å²) in [6.45, 7) is 5.07. The van der Waals surface area contributed by atoms with Crippen molar-refractivity contribution in [3.05, 3.63) is 83.3 Å². The molecular weight excluding hydrogens is 432 g/mol. The Labute approximate surface area is 195 Å². The van der Waals surface area contributed by atoms with Gasteiger partial charge in [0.05, 0.1) is 17.0 Å². The normalized spacial score (nSPS) is 18.2. The predicted molar refractivity (Wildman–Crippen MR) is 132 cm³/mol. The molecule has 0 radical (unpaired) electrons. The Hall–Kier alpha value is -2.74. The third-order valence-electron chi connectivity index (χ3n) is 7.13. The topological polar surface area (TPSA) is 81.2 Å². The van der Waals surface area contributed by atoms with E-state index < -0.39 is 15.6 Å². The van der Waals surface area contributed by atoms with Gasteiger partial charge in [-0.1, -0.05) is 49.4 Å². The van der Waals surface area contributed by atoms with Gasteiger partial charge in [-0.25, -0.2) is 8.42 Å². The van der Waals surface area contributed by atoms with E-state index in [2.05, 4.69) is 66.2 Å². The summed E-state index contributed by atoms with van der Waals surface area (Å²) in [6, 6.07) is 14.7. The molecule has 0 bridgehead atoms. The highest BCUT2D eigenvalue weighted by molar-refractivity contribution is 7.89. The van der Waals surface area contributed by atoms with Crippen LogP contribution >= 0.6 is 0 Å². The van der Waals surface area contributed by atoms with Crippen molar-refractivity contribution < 1.29 is 8.42 Å². The van der Waals surface area contributed by atoms with E-state index >= 15 is 0 Å². The minimum atomic E-state index is -3.20. The van der Waals surface area contributed by atoms with Gasteiger partial charge in [-0.15, -0.1) is 0 Å². The van der Waals surface area contributed by atoms with Gasteiger partial charge in [0.2, 0.25) is 10.0 Å². The number of aromatic nitrogens is 2. The highest BCUT2D eigenvalue weighted by atomic mass is 32.2. The molecule has 1 aliphatic heterocycles. The quantitative estimate of drug-likeness (QED) is 0.582. The first-order valence-electron chi connectivity index (χ1n) is 11.5. The second-order valence-corrected chi connectivity index (χ2v) is 11.4. The van der Waals surface area contributed by atoms with Crippen LogP contribution in [0.25, 0.3) is 17.3 Å². The van der Waals surface area contributed by atoms with Crippen LogP contribution in [-0.2, 0) is 22.0 Å². The second-order valence-electron chi connectivity index (χ2n) is 9.11. The molecular formula is C26H30N4O2S.